The Hall–Kier alpha value is -1.92. The summed E-state index contributed by atoms with van der Waals surface area (Å²) in [6.45, 7) is 0.910. The van der Waals surface area contributed by atoms with Crippen molar-refractivity contribution < 1.29 is 19.1 Å². The third-order valence-corrected chi connectivity index (χ3v) is 3.09. The van der Waals surface area contributed by atoms with E-state index >= 15 is 0 Å². The van der Waals surface area contributed by atoms with E-state index in [9.17, 15) is 9.59 Å². The van der Waals surface area contributed by atoms with Crippen molar-refractivity contribution in [2.75, 3.05) is 7.11 Å². The van der Waals surface area contributed by atoms with Gasteiger partial charge in [0.1, 0.15) is 6.04 Å². The van der Waals surface area contributed by atoms with Crippen LogP contribution in [0.2, 0.25) is 0 Å². The number of carbonyl (C=O) groups is 2. The lowest BCUT2D eigenvalue weighted by Crippen LogP contribution is -2.37. The number of benzene rings is 1. The van der Waals surface area contributed by atoms with Crippen molar-refractivity contribution in [1.82, 2.24) is 5.32 Å². The van der Waals surface area contributed by atoms with Gasteiger partial charge in [0.2, 0.25) is 0 Å². The molecule has 0 aliphatic rings. The molecule has 0 heterocycles. The van der Waals surface area contributed by atoms with Crippen molar-refractivity contribution in [3.8, 4) is 0 Å². The molecule has 1 aromatic carbocycles. The zero-order chi connectivity index (χ0) is 15.5. The number of esters is 1. The van der Waals surface area contributed by atoms with Crippen LogP contribution < -0.4 is 11.1 Å². The van der Waals surface area contributed by atoms with E-state index in [0.29, 0.717) is 32.3 Å². The highest BCUT2D eigenvalue weighted by Crippen LogP contribution is 2.07. The Kier molecular flexibility index (Phi) is 8.08. The molecule has 0 radical (unpaired) electrons. The van der Waals surface area contributed by atoms with Gasteiger partial charge < -0.3 is 14.8 Å². The van der Waals surface area contributed by atoms with Gasteiger partial charge in [-0.05, 0) is 24.8 Å². The van der Waals surface area contributed by atoms with E-state index < -0.39 is 12.3 Å². The summed E-state index contributed by atoms with van der Waals surface area (Å²) in [4.78, 5) is 21.9. The first-order valence-electron chi connectivity index (χ1n) is 6.87. The molecule has 0 aliphatic carbocycles. The molecule has 116 valence electrons. The first-order valence-corrected chi connectivity index (χ1v) is 6.87. The van der Waals surface area contributed by atoms with E-state index in [0.717, 1.165) is 5.56 Å². The highest BCUT2D eigenvalue weighted by atomic mass is 16.5. The van der Waals surface area contributed by atoms with Crippen molar-refractivity contribution in [2.45, 2.75) is 38.1 Å². The molecule has 0 fully saturated rings. The molecule has 6 heteroatoms. The van der Waals surface area contributed by atoms with Gasteiger partial charge in [-0.25, -0.2) is 0 Å². The molecule has 1 aromatic rings. The molecule has 0 amide bonds. The lowest BCUT2D eigenvalue weighted by atomic mass is 10.1. The molecule has 21 heavy (non-hydrogen) atoms. The highest BCUT2D eigenvalue weighted by molar-refractivity contribution is 5.75. The van der Waals surface area contributed by atoms with Crippen molar-refractivity contribution in [3.63, 3.8) is 0 Å². The number of carbonyl (C=O) groups excluding carboxylic acids is 2. The minimum absolute atomic E-state index is 0.309. The Morgan fingerprint density at radius 1 is 1.33 bits per heavy atom. The molecular weight excluding hydrogens is 272 g/mol. The molecule has 0 spiro atoms. The van der Waals surface area contributed by atoms with E-state index in [1.807, 2.05) is 30.3 Å². The molecule has 0 saturated heterocycles. The predicted octanol–water partition coefficient (Wildman–Crippen LogP) is 0.946. The Morgan fingerprint density at radius 3 is 2.67 bits per heavy atom. The number of nitrogens with two attached hydrogens (primary N) is 1. The Balaban J connectivity index is 2.41. The second kappa shape index (κ2) is 9.90. The van der Waals surface area contributed by atoms with Crippen molar-refractivity contribution >= 4 is 12.4 Å². The predicted molar refractivity (Wildman–Crippen MR) is 78.1 cm³/mol. The Labute approximate surface area is 124 Å². The summed E-state index contributed by atoms with van der Waals surface area (Å²) in [6, 6.07) is 9.39. The van der Waals surface area contributed by atoms with Gasteiger partial charge in [-0.1, -0.05) is 30.3 Å². The van der Waals surface area contributed by atoms with Gasteiger partial charge in [-0.2, -0.15) is 0 Å². The summed E-state index contributed by atoms with van der Waals surface area (Å²) >= 11 is 0. The van der Waals surface area contributed by atoms with Crippen molar-refractivity contribution in [2.24, 2.45) is 5.73 Å². The second-order valence-electron chi connectivity index (χ2n) is 4.64. The number of hydrogen-bond acceptors (Lipinski definition) is 6. The number of methoxy groups -OCH3 is 1. The van der Waals surface area contributed by atoms with E-state index in [2.05, 4.69) is 10.1 Å². The first kappa shape index (κ1) is 17.1. The van der Waals surface area contributed by atoms with E-state index in [-0.39, 0.29) is 5.97 Å². The average Bonchev–Trinajstić information content (AvgIpc) is 2.51. The lowest BCUT2D eigenvalue weighted by Gasteiger charge is -2.17. The van der Waals surface area contributed by atoms with Crippen LogP contribution in [0.4, 0.5) is 0 Å². The smallest absolute Gasteiger partial charge is 0.322 e. The van der Waals surface area contributed by atoms with Crippen LogP contribution in [-0.4, -0.2) is 31.8 Å². The molecule has 1 unspecified atom stereocenters. The second-order valence-corrected chi connectivity index (χ2v) is 4.64. The maximum Gasteiger partial charge on any atom is 0.322 e. The summed E-state index contributed by atoms with van der Waals surface area (Å²) in [5, 5.41) is 3.17. The largest absolute Gasteiger partial charge is 0.468 e. The van der Waals surface area contributed by atoms with Crippen LogP contribution in [0.25, 0.3) is 0 Å². The van der Waals surface area contributed by atoms with Crippen LogP contribution in [0.1, 0.15) is 24.8 Å². The fourth-order valence-corrected chi connectivity index (χ4v) is 1.94. The molecule has 2 atom stereocenters. The normalized spacial score (nSPS) is 13.2. The van der Waals surface area contributed by atoms with Gasteiger partial charge in [-0.15, -0.1) is 0 Å². The maximum absolute atomic E-state index is 11.7. The number of rotatable bonds is 10. The third kappa shape index (κ3) is 6.87. The molecule has 3 N–H and O–H groups in total. The standard InChI is InChI=1S/C15H22N2O4/c1-20-15(19)13(8-5-9-14(16)21-11-18)17-10-12-6-3-2-4-7-12/h2-4,6-7,11,13-14,17H,5,8-10,16H2,1H3/t13-,14?/m0/s1. The Bertz CT molecular complexity index is 425. The summed E-state index contributed by atoms with van der Waals surface area (Å²) < 4.78 is 9.39. The Morgan fingerprint density at radius 2 is 2.05 bits per heavy atom. The van der Waals surface area contributed by atoms with Crippen LogP contribution in [0.15, 0.2) is 30.3 Å². The van der Waals surface area contributed by atoms with Crippen LogP contribution in [0.3, 0.4) is 0 Å². The minimum atomic E-state index is -0.630. The lowest BCUT2D eigenvalue weighted by molar-refractivity contribution is -0.143. The number of ether oxygens (including phenoxy) is 2. The number of hydrogen-bond donors (Lipinski definition) is 2. The van der Waals surface area contributed by atoms with Gasteiger partial charge in [0.05, 0.1) is 7.11 Å². The van der Waals surface area contributed by atoms with Crippen molar-refractivity contribution in [3.05, 3.63) is 35.9 Å². The van der Waals surface area contributed by atoms with Crippen LogP contribution in [0, 0.1) is 0 Å². The van der Waals surface area contributed by atoms with Gasteiger partial charge in [0.25, 0.3) is 6.47 Å². The van der Waals surface area contributed by atoms with Crippen LogP contribution in [0.5, 0.6) is 0 Å². The number of nitrogens with one attached hydrogen (secondary N) is 1. The molecule has 0 saturated carbocycles. The van der Waals surface area contributed by atoms with E-state index in [1.165, 1.54) is 7.11 Å². The summed E-state index contributed by atoms with van der Waals surface area (Å²) in [6.07, 6.45) is 1.08. The quantitative estimate of drug-likeness (QED) is 0.379. The highest BCUT2D eigenvalue weighted by Gasteiger charge is 2.18. The van der Waals surface area contributed by atoms with Crippen molar-refractivity contribution in [1.29, 1.82) is 0 Å². The molecule has 0 bridgehead atoms. The maximum atomic E-state index is 11.7. The van der Waals surface area contributed by atoms with Gasteiger partial charge >= 0.3 is 5.97 Å². The van der Waals surface area contributed by atoms with Crippen LogP contribution >= 0.6 is 0 Å². The zero-order valence-corrected chi connectivity index (χ0v) is 12.2. The van der Waals surface area contributed by atoms with E-state index in [1.54, 1.807) is 0 Å². The van der Waals surface area contributed by atoms with Gasteiger partial charge in [-0.3, -0.25) is 15.3 Å². The summed E-state index contributed by atoms with van der Waals surface area (Å²) in [5.41, 5.74) is 6.64. The minimum Gasteiger partial charge on any atom is -0.468 e. The topological polar surface area (TPSA) is 90.7 Å². The molecule has 0 aliphatic heterocycles. The van der Waals surface area contributed by atoms with Gasteiger partial charge in [0, 0.05) is 6.54 Å². The van der Waals surface area contributed by atoms with E-state index in [4.69, 9.17) is 10.5 Å². The van der Waals surface area contributed by atoms with Crippen LogP contribution in [-0.2, 0) is 25.6 Å². The fourth-order valence-electron chi connectivity index (χ4n) is 1.94. The first-order chi connectivity index (χ1) is 10.2. The molecule has 0 aromatic heterocycles. The molecular formula is C15H22N2O4. The monoisotopic (exact) mass is 294 g/mol. The SMILES string of the molecule is COC(=O)[C@H](CCCC(N)OC=O)NCc1ccccc1. The third-order valence-electron chi connectivity index (χ3n) is 3.09. The summed E-state index contributed by atoms with van der Waals surface area (Å²) in [5.74, 6) is -0.309. The van der Waals surface area contributed by atoms with Gasteiger partial charge in [0.15, 0.2) is 6.23 Å². The zero-order valence-electron chi connectivity index (χ0n) is 12.2. The average molecular weight is 294 g/mol. The molecule has 6 nitrogen and oxygen atoms in total. The molecule has 1 rings (SSSR count). The fraction of sp³-hybridized carbons (Fsp3) is 0.467. The summed E-state index contributed by atoms with van der Waals surface area (Å²) in [7, 11) is 1.36.